The smallest absolute Gasteiger partial charge is 0.100 e. The second-order valence-electron chi connectivity index (χ2n) is 33.6. The summed E-state index contributed by atoms with van der Waals surface area (Å²) in [7, 11) is 0. The molecule has 0 saturated heterocycles. The van der Waals surface area contributed by atoms with Crippen molar-refractivity contribution in [2.45, 2.75) is 427 Å². The van der Waals surface area contributed by atoms with E-state index in [9.17, 15) is 0 Å². The fraction of sp³-hybridized carbons (Fsp3) is 1.00. The molecule has 0 amide bonds. The van der Waals surface area contributed by atoms with Gasteiger partial charge in [0.25, 0.3) is 0 Å². The Balaban J connectivity index is -0.00000146. The van der Waals surface area contributed by atoms with Gasteiger partial charge in [-0.25, -0.2) is 0 Å². The van der Waals surface area contributed by atoms with E-state index in [0.29, 0.717) is 0 Å². The molecule has 12 atom stereocenters. The Kier molecular flexibility index (Phi) is 66.6. The average molecular weight is 1220 g/mol. The second-order valence-corrected chi connectivity index (χ2v) is 33.6. The van der Waals surface area contributed by atoms with Gasteiger partial charge < -0.3 is 15.3 Å². The molecule has 0 heterocycles. The summed E-state index contributed by atoms with van der Waals surface area (Å²) < 4.78 is 0. The molecule has 522 valence electrons. The Morgan fingerprint density at radius 3 is 0.326 bits per heavy atom. The normalized spacial score (nSPS) is 16.3. The summed E-state index contributed by atoms with van der Waals surface area (Å²) in [6, 6.07) is 0. The fourth-order valence-corrected chi connectivity index (χ4v) is 13.8. The van der Waals surface area contributed by atoms with Gasteiger partial charge in [0.15, 0.2) is 0 Å². The Bertz CT molecular complexity index is 1100. The lowest BCUT2D eigenvalue weighted by molar-refractivity contribution is 0.0450. The third-order valence-electron chi connectivity index (χ3n) is 20.8. The molecule has 0 aromatic heterocycles. The van der Waals surface area contributed by atoms with E-state index in [2.05, 4.69) is 138 Å². The van der Waals surface area contributed by atoms with Crippen molar-refractivity contribution in [2.24, 2.45) is 94.7 Å². The number of unbranched alkanes of at least 4 members (excludes halogenated alkanes) is 2. The van der Waals surface area contributed by atoms with Crippen LogP contribution in [0.15, 0.2) is 0 Å². The highest BCUT2D eigenvalue weighted by Gasteiger charge is 2.14. The lowest BCUT2D eigenvalue weighted by Gasteiger charge is -2.17. The number of hydrogen-bond donors (Lipinski definition) is 3. The highest BCUT2D eigenvalue weighted by Crippen LogP contribution is 2.29. The average Bonchev–Trinajstić information content (AvgIpc) is 3.43. The maximum Gasteiger partial charge on any atom is 0.100 e. The molecule has 0 spiro atoms. The van der Waals surface area contributed by atoms with Gasteiger partial charge in [0, 0.05) is 0 Å². The van der Waals surface area contributed by atoms with Crippen LogP contribution in [-0.4, -0.2) is 34.6 Å². The lowest BCUT2D eigenvalue weighted by atomic mass is 9.89. The molecule has 3 N–H and O–H groups in total. The third-order valence-corrected chi connectivity index (χ3v) is 20.8. The van der Waals surface area contributed by atoms with Crippen LogP contribution in [0.3, 0.4) is 0 Å². The standard InChI is InChI=1S/2C40H82.C3H8O3/c2*1-33(2)19-13-23-37(7)27-17-31-39(9)29-15-25-35(5)21-11-12-22-36(6)26-16-30-40(10)32-18-28-38(8)24-14-20-34(3)4;4-1-3(6)2-5/h2*33-40H,11-32H2,1-10H3;3-6H,1-2H2. The molecule has 0 rings (SSSR count). The van der Waals surface area contributed by atoms with Crippen LogP contribution < -0.4 is 0 Å². The zero-order valence-corrected chi connectivity index (χ0v) is 63.7. The molecule has 0 aromatic rings. The van der Waals surface area contributed by atoms with E-state index in [1.54, 1.807) is 0 Å². The topological polar surface area (TPSA) is 60.7 Å². The second kappa shape index (κ2) is 63.6. The largest absolute Gasteiger partial charge is 0.394 e. The van der Waals surface area contributed by atoms with Gasteiger partial charge in [0.2, 0.25) is 0 Å². The molecular formula is C83H172O3. The van der Waals surface area contributed by atoms with Gasteiger partial charge in [-0.2, -0.15) is 0 Å². The van der Waals surface area contributed by atoms with E-state index in [-0.39, 0.29) is 13.2 Å². The van der Waals surface area contributed by atoms with Crippen molar-refractivity contribution in [3.05, 3.63) is 0 Å². The molecule has 3 heteroatoms. The molecule has 0 aliphatic rings. The number of aliphatic hydroxyl groups excluding tert-OH is 3. The molecule has 0 aliphatic carbocycles. The van der Waals surface area contributed by atoms with E-state index in [4.69, 9.17) is 15.3 Å². The van der Waals surface area contributed by atoms with Crippen molar-refractivity contribution < 1.29 is 15.3 Å². The van der Waals surface area contributed by atoms with Gasteiger partial charge in [-0.15, -0.1) is 0 Å². The van der Waals surface area contributed by atoms with E-state index >= 15 is 0 Å². The predicted molar refractivity (Wildman–Crippen MR) is 393 cm³/mol. The molecule has 0 bridgehead atoms. The molecule has 0 radical (unpaired) electrons. The summed E-state index contributed by atoms with van der Waals surface area (Å²) in [5.74, 6) is 14.7. The van der Waals surface area contributed by atoms with Crippen molar-refractivity contribution >= 4 is 0 Å². The van der Waals surface area contributed by atoms with E-state index in [1.807, 2.05) is 0 Å². The number of aliphatic hydroxyl groups is 3. The summed E-state index contributed by atoms with van der Waals surface area (Å²) in [6.07, 6.45) is 62.8. The minimum atomic E-state index is -0.954. The highest BCUT2D eigenvalue weighted by atomic mass is 16.3. The van der Waals surface area contributed by atoms with Crippen LogP contribution in [0.5, 0.6) is 0 Å². The van der Waals surface area contributed by atoms with Crippen molar-refractivity contribution in [3.8, 4) is 0 Å². The molecule has 0 aromatic carbocycles. The van der Waals surface area contributed by atoms with Gasteiger partial charge in [-0.05, 0) is 94.7 Å². The van der Waals surface area contributed by atoms with E-state index < -0.39 is 6.10 Å². The molecule has 12 unspecified atom stereocenters. The van der Waals surface area contributed by atoms with Crippen LogP contribution in [0.2, 0.25) is 0 Å². The van der Waals surface area contributed by atoms with E-state index in [1.165, 1.54) is 283 Å². The first-order valence-electron chi connectivity index (χ1n) is 39.7. The van der Waals surface area contributed by atoms with Gasteiger partial charge in [-0.1, -0.05) is 421 Å². The van der Waals surface area contributed by atoms with Gasteiger partial charge in [-0.3, -0.25) is 0 Å². The first kappa shape index (κ1) is 90.1. The first-order valence-corrected chi connectivity index (χ1v) is 39.7. The van der Waals surface area contributed by atoms with Crippen molar-refractivity contribution in [3.63, 3.8) is 0 Å². The molecule has 86 heavy (non-hydrogen) atoms. The zero-order chi connectivity index (χ0) is 65.3. The molecule has 0 aliphatic heterocycles. The summed E-state index contributed by atoms with van der Waals surface area (Å²) in [6.45, 7) is 48.1. The highest BCUT2D eigenvalue weighted by molar-refractivity contribution is 4.67. The monoisotopic (exact) mass is 1220 g/mol. The van der Waals surface area contributed by atoms with Crippen LogP contribution in [0, 0.1) is 94.7 Å². The van der Waals surface area contributed by atoms with Crippen molar-refractivity contribution in [2.75, 3.05) is 13.2 Å². The number of hydrogen-bond acceptors (Lipinski definition) is 3. The maximum absolute atomic E-state index is 8.17. The summed E-state index contributed by atoms with van der Waals surface area (Å²) in [5.41, 5.74) is 0. The summed E-state index contributed by atoms with van der Waals surface area (Å²) >= 11 is 0. The quantitative estimate of drug-likeness (QED) is 0.0532. The predicted octanol–water partition coefficient (Wildman–Crippen LogP) is 27.7. The number of rotatable bonds is 60. The molecule has 0 saturated carbocycles. The van der Waals surface area contributed by atoms with Crippen LogP contribution in [0.4, 0.5) is 0 Å². The summed E-state index contributed by atoms with van der Waals surface area (Å²) in [5, 5.41) is 24.0. The van der Waals surface area contributed by atoms with Gasteiger partial charge in [0.1, 0.15) is 6.10 Å². The van der Waals surface area contributed by atoms with E-state index in [0.717, 1.165) is 94.7 Å². The Morgan fingerprint density at radius 1 is 0.151 bits per heavy atom. The van der Waals surface area contributed by atoms with Crippen LogP contribution >= 0.6 is 0 Å². The summed E-state index contributed by atoms with van der Waals surface area (Å²) in [4.78, 5) is 0. The zero-order valence-electron chi connectivity index (χ0n) is 63.7. The molecule has 3 nitrogen and oxygen atoms in total. The molecule has 0 fully saturated rings. The van der Waals surface area contributed by atoms with Gasteiger partial charge in [0.05, 0.1) is 13.2 Å². The SMILES string of the molecule is CC(C)CCCC(C)CCCC(C)CCCC(C)CCCCC(C)CCCC(C)CCCC(C)CCCC(C)C.CC(C)CCCC(C)CCCC(C)CCCC(C)CCCCC(C)CCCC(C)CCCC(C)CCCC(C)C.OCC(O)CO. The van der Waals surface area contributed by atoms with Crippen molar-refractivity contribution in [1.82, 2.24) is 0 Å². The molecular weight excluding hydrogens is 1040 g/mol. The Labute approximate surface area is 547 Å². The van der Waals surface area contributed by atoms with Crippen molar-refractivity contribution in [1.29, 1.82) is 0 Å². The fourth-order valence-electron chi connectivity index (χ4n) is 13.8. The Hall–Kier alpha value is -0.120. The minimum absolute atomic E-state index is 0.365. The maximum atomic E-state index is 8.17. The Morgan fingerprint density at radius 2 is 0.244 bits per heavy atom. The lowest BCUT2D eigenvalue weighted by Crippen LogP contribution is -2.15. The minimum Gasteiger partial charge on any atom is -0.394 e. The van der Waals surface area contributed by atoms with Crippen LogP contribution in [0.1, 0.15) is 421 Å². The third kappa shape index (κ3) is 71.3. The van der Waals surface area contributed by atoms with Crippen LogP contribution in [0.25, 0.3) is 0 Å². The first-order chi connectivity index (χ1) is 40.8. The van der Waals surface area contributed by atoms with Gasteiger partial charge >= 0.3 is 0 Å². The van der Waals surface area contributed by atoms with Crippen LogP contribution in [-0.2, 0) is 0 Å².